The van der Waals surface area contributed by atoms with E-state index in [1.54, 1.807) is 11.6 Å². The predicted octanol–water partition coefficient (Wildman–Crippen LogP) is 0.925. The number of nitrogens with two attached hydrogens (primary N) is 1. The summed E-state index contributed by atoms with van der Waals surface area (Å²) in [5, 5.41) is 4.92. The van der Waals surface area contributed by atoms with Crippen molar-refractivity contribution in [3.8, 4) is 5.75 Å². The number of ether oxygens (including phenoxy) is 1. The maximum atomic E-state index is 13.7. The van der Waals surface area contributed by atoms with E-state index in [9.17, 15) is 17.2 Å². The van der Waals surface area contributed by atoms with Crippen LogP contribution in [0.15, 0.2) is 29.6 Å². The third-order valence-corrected chi connectivity index (χ3v) is 3.48. The highest BCUT2D eigenvalue weighted by molar-refractivity contribution is 7.89. The summed E-state index contributed by atoms with van der Waals surface area (Å²) in [5.74, 6) is -2.81. The van der Waals surface area contributed by atoms with Crippen LogP contribution in [0.1, 0.15) is 5.69 Å². The van der Waals surface area contributed by atoms with E-state index in [-0.39, 0.29) is 6.61 Å². The molecule has 1 heterocycles. The van der Waals surface area contributed by atoms with Crippen molar-refractivity contribution >= 4 is 10.0 Å². The number of sulfonamides is 1. The lowest BCUT2D eigenvalue weighted by atomic mass is 10.3. The van der Waals surface area contributed by atoms with Crippen LogP contribution in [0, 0.1) is 11.6 Å². The van der Waals surface area contributed by atoms with Crippen molar-refractivity contribution in [3.63, 3.8) is 0 Å². The highest BCUT2D eigenvalue weighted by Gasteiger charge is 2.21. The van der Waals surface area contributed by atoms with Gasteiger partial charge < -0.3 is 9.30 Å². The normalized spacial score (nSPS) is 11.6. The Hall–Kier alpha value is -2.00. The van der Waals surface area contributed by atoms with E-state index in [1.165, 1.54) is 12.5 Å². The van der Waals surface area contributed by atoms with Gasteiger partial charge in [0.25, 0.3) is 0 Å². The number of benzene rings is 1. The van der Waals surface area contributed by atoms with Gasteiger partial charge in [0.05, 0.1) is 18.2 Å². The van der Waals surface area contributed by atoms with Crippen LogP contribution in [0.5, 0.6) is 5.75 Å². The lowest BCUT2D eigenvalue weighted by Crippen LogP contribution is -2.15. The molecule has 0 amide bonds. The van der Waals surface area contributed by atoms with Gasteiger partial charge in [0, 0.05) is 13.1 Å². The van der Waals surface area contributed by atoms with Crippen molar-refractivity contribution in [3.05, 3.63) is 42.0 Å². The van der Waals surface area contributed by atoms with Gasteiger partial charge in [0.2, 0.25) is 10.0 Å². The Labute approximate surface area is 113 Å². The molecule has 20 heavy (non-hydrogen) atoms. The van der Waals surface area contributed by atoms with Crippen molar-refractivity contribution in [2.24, 2.45) is 12.2 Å². The number of aryl methyl sites for hydroxylation is 1. The molecular formula is C11H11F2N3O3S. The summed E-state index contributed by atoms with van der Waals surface area (Å²) in [4.78, 5) is 3.09. The topological polar surface area (TPSA) is 87.2 Å². The van der Waals surface area contributed by atoms with Crippen molar-refractivity contribution in [2.75, 3.05) is 0 Å². The molecule has 1 aromatic heterocycles. The summed E-state index contributed by atoms with van der Waals surface area (Å²) in [7, 11) is -2.62. The van der Waals surface area contributed by atoms with Gasteiger partial charge >= 0.3 is 0 Å². The quantitative estimate of drug-likeness (QED) is 0.910. The number of primary sulfonamides is 1. The van der Waals surface area contributed by atoms with Gasteiger partial charge in [-0.2, -0.15) is 0 Å². The average molecular weight is 303 g/mol. The number of imidazole rings is 1. The molecule has 0 fully saturated rings. The van der Waals surface area contributed by atoms with Gasteiger partial charge in [-0.1, -0.05) is 0 Å². The summed E-state index contributed by atoms with van der Waals surface area (Å²) in [6.45, 7) is -0.137. The minimum atomic E-state index is -4.31. The second kappa shape index (κ2) is 5.17. The molecular weight excluding hydrogens is 292 g/mol. The fraction of sp³-hybridized carbons (Fsp3) is 0.182. The Morgan fingerprint density at radius 3 is 2.65 bits per heavy atom. The largest absolute Gasteiger partial charge is 0.483 e. The van der Waals surface area contributed by atoms with E-state index in [1.807, 2.05) is 0 Å². The monoisotopic (exact) mass is 303 g/mol. The van der Waals surface area contributed by atoms with E-state index < -0.39 is 32.3 Å². The summed E-state index contributed by atoms with van der Waals surface area (Å²) in [6.07, 6.45) is 2.97. The lowest BCUT2D eigenvalue weighted by Gasteiger charge is -2.11. The molecule has 0 saturated heterocycles. The lowest BCUT2D eigenvalue weighted by molar-refractivity contribution is 0.272. The molecule has 0 unspecified atom stereocenters. The summed E-state index contributed by atoms with van der Waals surface area (Å²) in [6, 6.07) is 1.13. The van der Waals surface area contributed by atoms with E-state index >= 15 is 0 Å². The molecule has 2 N–H and O–H groups in total. The Balaban J connectivity index is 2.38. The number of hydrogen-bond donors (Lipinski definition) is 1. The van der Waals surface area contributed by atoms with Crippen LogP contribution in [0.4, 0.5) is 8.78 Å². The van der Waals surface area contributed by atoms with Crippen LogP contribution in [-0.4, -0.2) is 18.0 Å². The second-order valence-electron chi connectivity index (χ2n) is 4.04. The number of hydrogen-bond acceptors (Lipinski definition) is 4. The molecule has 1 aromatic carbocycles. The van der Waals surface area contributed by atoms with Gasteiger partial charge in [-0.15, -0.1) is 0 Å². The first-order valence-corrected chi connectivity index (χ1v) is 6.93. The van der Waals surface area contributed by atoms with E-state index in [4.69, 9.17) is 9.88 Å². The zero-order valence-electron chi connectivity index (χ0n) is 10.4. The van der Waals surface area contributed by atoms with Crippen LogP contribution >= 0.6 is 0 Å². The fourth-order valence-corrected chi connectivity index (χ4v) is 2.25. The smallest absolute Gasteiger partial charge is 0.241 e. The first-order valence-electron chi connectivity index (χ1n) is 5.39. The van der Waals surface area contributed by atoms with Crippen LogP contribution < -0.4 is 9.88 Å². The molecule has 2 aromatic rings. The number of aromatic nitrogens is 2. The van der Waals surface area contributed by atoms with Crippen LogP contribution in [-0.2, 0) is 23.7 Å². The van der Waals surface area contributed by atoms with Gasteiger partial charge in [-0.25, -0.2) is 27.3 Å². The Kier molecular flexibility index (Phi) is 3.73. The first kappa shape index (κ1) is 14.4. The second-order valence-corrected chi connectivity index (χ2v) is 5.57. The summed E-state index contributed by atoms with van der Waals surface area (Å²) in [5.41, 5.74) is 0.578. The number of nitrogens with zero attached hydrogens (tertiary/aromatic N) is 2. The molecule has 108 valence electrons. The number of halogens is 2. The van der Waals surface area contributed by atoms with Crippen molar-refractivity contribution in [1.29, 1.82) is 0 Å². The van der Waals surface area contributed by atoms with Gasteiger partial charge in [0.1, 0.15) is 17.3 Å². The summed E-state index contributed by atoms with van der Waals surface area (Å²) >= 11 is 0. The van der Waals surface area contributed by atoms with Crippen molar-refractivity contribution < 1.29 is 21.9 Å². The van der Waals surface area contributed by atoms with Crippen molar-refractivity contribution in [1.82, 2.24) is 9.55 Å². The third-order valence-electron chi connectivity index (χ3n) is 2.56. The van der Waals surface area contributed by atoms with E-state index in [0.717, 1.165) is 0 Å². The van der Waals surface area contributed by atoms with Gasteiger partial charge in [0.15, 0.2) is 11.6 Å². The predicted molar refractivity (Wildman–Crippen MR) is 65.3 cm³/mol. The molecule has 2 rings (SSSR count). The minimum absolute atomic E-state index is 0.137. The molecule has 0 aliphatic heterocycles. The van der Waals surface area contributed by atoms with Gasteiger partial charge in [-0.05, 0) is 6.07 Å². The molecule has 0 bridgehead atoms. The highest BCUT2D eigenvalue weighted by Crippen LogP contribution is 2.28. The molecule has 0 aliphatic rings. The maximum Gasteiger partial charge on any atom is 0.241 e. The van der Waals surface area contributed by atoms with Crippen LogP contribution in [0.2, 0.25) is 0 Å². The molecule has 0 aliphatic carbocycles. The van der Waals surface area contributed by atoms with Crippen LogP contribution in [0.3, 0.4) is 0 Å². The average Bonchev–Trinajstić information content (AvgIpc) is 2.72. The molecule has 0 radical (unpaired) electrons. The molecule has 6 nitrogen and oxygen atoms in total. The standard InChI is InChI=1S/C11H11F2N3O3S/c1-16-6-15-4-8(16)5-19-11-9(13)2-7(12)3-10(11)20(14,17)18/h2-4,6H,5H2,1H3,(H2,14,17,18). The van der Waals surface area contributed by atoms with Crippen LogP contribution in [0.25, 0.3) is 0 Å². The Bertz CT molecular complexity index is 743. The Morgan fingerprint density at radius 2 is 2.10 bits per heavy atom. The fourth-order valence-electron chi connectivity index (χ4n) is 1.56. The molecule has 0 spiro atoms. The third kappa shape index (κ3) is 2.94. The maximum absolute atomic E-state index is 13.7. The SMILES string of the molecule is Cn1cncc1COc1c(F)cc(F)cc1S(N)(=O)=O. The Morgan fingerprint density at radius 1 is 1.40 bits per heavy atom. The molecule has 0 saturated carbocycles. The van der Waals surface area contributed by atoms with Crippen molar-refractivity contribution in [2.45, 2.75) is 11.5 Å². The summed E-state index contributed by atoms with van der Waals surface area (Å²) < 4.78 is 56.1. The number of rotatable bonds is 4. The first-order chi connectivity index (χ1) is 9.29. The highest BCUT2D eigenvalue weighted by atomic mass is 32.2. The van der Waals surface area contributed by atoms with E-state index in [0.29, 0.717) is 17.8 Å². The molecule has 9 heteroatoms. The van der Waals surface area contributed by atoms with Gasteiger partial charge in [-0.3, -0.25) is 0 Å². The zero-order chi connectivity index (χ0) is 14.9. The zero-order valence-corrected chi connectivity index (χ0v) is 11.2. The van der Waals surface area contributed by atoms with E-state index in [2.05, 4.69) is 4.98 Å². The minimum Gasteiger partial charge on any atom is -0.483 e. The molecule has 0 atom stereocenters.